The topological polar surface area (TPSA) is 81.4 Å². The number of halogens is 1. The van der Waals surface area contributed by atoms with Crippen molar-refractivity contribution in [2.24, 2.45) is 0 Å². The van der Waals surface area contributed by atoms with Crippen LogP contribution in [0.4, 0.5) is 11.4 Å². The smallest absolute Gasteiger partial charge is 0.262 e. The number of fused-ring (bicyclic) bond motifs is 1. The maximum atomic E-state index is 12.5. The quantitative estimate of drug-likeness (QED) is 0.659. The van der Waals surface area contributed by atoms with E-state index in [2.05, 4.69) is 5.32 Å². The van der Waals surface area contributed by atoms with Crippen molar-refractivity contribution in [3.8, 4) is 5.75 Å². The van der Waals surface area contributed by atoms with Crippen molar-refractivity contribution in [2.75, 3.05) is 17.7 Å². The summed E-state index contributed by atoms with van der Waals surface area (Å²) in [6, 6.07) is 9.69. The second-order valence-corrected chi connectivity index (χ2v) is 4.99. The summed E-state index contributed by atoms with van der Waals surface area (Å²) in [4.78, 5) is 23.9. The van der Waals surface area contributed by atoms with E-state index < -0.39 is 0 Å². The highest BCUT2D eigenvalue weighted by molar-refractivity contribution is 6.36. The lowest BCUT2D eigenvalue weighted by molar-refractivity contribution is -0.118. The minimum Gasteiger partial charge on any atom is -0.482 e. The maximum absolute atomic E-state index is 12.5. The van der Waals surface area contributed by atoms with Crippen LogP contribution < -0.4 is 15.8 Å². The van der Waals surface area contributed by atoms with Crippen molar-refractivity contribution in [3.63, 3.8) is 0 Å². The van der Waals surface area contributed by atoms with Gasteiger partial charge in [0, 0.05) is 11.3 Å². The van der Waals surface area contributed by atoms with Crippen LogP contribution in [0.3, 0.4) is 0 Å². The number of benzene rings is 2. The molecule has 0 unspecified atom stereocenters. The average Bonchev–Trinajstić information content (AvgIpc) is 2.46. The Bertz CT molecular complexity index is 738. The first-order chi connectivity index (χ1) is 10.1. The number of carbonyl (C=O) groups excluding carboxylic acids is 2. The highest BCUT2D eigenvalue weighted by Gasteiger charge is 2.20. The van der Waals surface area contributed by atoms with Crippen LogP contribution in [0.15, 0.2) is 36.4 Å². The lowest BCUT2D eigenvalue weighted by atomic mass is 10.0. The molecule has 0 atom stereocenters. The maximum Gasteiger partial charge on any atom is 0.262 e. The molecule has 1 heterocycles. The van der Waals surface area contributed by atoms with Crippen LogP contribution in [-0.4, -0.2) is 18.3 Å². The van der Waals surface area contributed by atoms with Crippen LogP contribution in [0.5, 0.6) is 5.75 Å². The van der Waals surface area contributed by atoms with Gasteiger partial charge < -0.3 is 15.8 Å². The Kier molecular flexibility index (Phi) is 3.27. The molecule has 0 aliphatic carbocycles. The van der Waals surface area contributed by atoms with Gasteiger partial charge in [0.05, 0.1) is 16.3 Å². The number of nitrogens with two attached hydrogens (primary N) is 1. The monoisotopic (exact) mass is 302 g/mol. The third-order valence-electron chi connectivity index (χ3n) is 3.15. The summed E-state index contributed by atoms with van der Waals surface area (Å²) in [5.41, 5.74) is 7.22. The predicted octanol–water partition coefficient (Wildman–Crippen LogP) is 2.48. The number of ether oxygens (including phenoxy) is 1. The minimum absolute atomic E-state index is 0.0300. The van der Waals surface area contributed by atoms with Crippen LogP contribution in [0.25, 0.3) is 0 Å². The number of amides is 1. The van der Waals surface area contributed by atoms with Gasteiger partial charge in [-0.3, -0.25) is 9.59 Å². The molecule has 0 radical (unpaired) electrons. The zero-order valence-electron chi connectivity index (χ0n) is 10.9. The van der Waals surface area contributed by atoms with Crippen molar-refractivity contribution < 1.29 is 14.3 Å². The number of anilines is 2. The zero-order valence-corrected chi connectivity index (χ0v) is 11.6. The van der Waals surface area contributed by atoms with E-state index in [1.165, 1.54) is 0 Å². The summed E-state index contributed by atoms with van der Waals surface area (Å²) in [6.07, 6.45) is 0. The summed E-state index contributed by atoms with van der Waals surface area (Å²) in [5.74, 6) is -0.0386. The van der Waals surface area contributed by atoms with Gasteiger partial charge in [0.1, 0.15) is 5.75 Å². The largest absolute Gasteiger partial charge is 0.482 e. The van der Waals surface area contributed by atoms with Gasteiger partial charge in [0.25, 0.3) is 5.91 Å². The van der Waals surface area contributed by atoms with E-state index in [4.69, 9.17) is 22.1 Å². The Morgan fingerprint density at radius 3 is 2.86 bits per heavy atom. The van der Waals surface area contributed by atoms with Crippen LogP contribution >= 0.6 is 11.6 Å². The average molecular weight is 303 g/mol. The van der Waals surface area contributed by atoms with Gasteiger partial charge in [-0.25, -0.2) is 0 Å². The lowest BCUT2D eigenvalue weighted by Gasteiger charge is -2.18. The van der Waals surface area contributed by atoms with E-state index in [9.17, 15) is 9.59 Å². The minimum atomic E-state index is -0.305. The molecule has 0 spiro atoms. The van der Waals surface area contributed by atoms with Gasteiger partial charge in [-0.1, -0.05) is 17.7 Å². The summed E-state index contributed by atoms with van der Waals surface area (Å²) in [5, 5.41) is 2.95. The Hall–Kier alpha value is -2.53. The second-order valence-electron chi connectivity index (χ2n) is 4.58. The fraction of sp³-hybridized carbons (Fsp3) is 0.0667. The molecular formula is C15H11ClN2O3. The van der Waals surface area contributed by atoms with E-state index in [0.717, 1.165) is 0 Å². The molecule has 0 bridgehead atoms. The molecule has 0 saturated heterocycles. The first-order valence-corrected chi connectivity index (χ1v) is 6.59. The Balaban J connectivity index is 2.03. The molecule has 2 aromatic carbocycles. The van der Waals surface area contributed by atoms with Crippen molar-refractivity contribution >= 4 is 34.7 Å². The van der Waals surface area contributed by atoms with E-state index in [-0.39, 0.29) is 28.9 Å². The van der Waals surface area contributed by atoms with E-state index in [1.807, 2.05) is 0 Å². The molecule has 1 amide bonds. The number of carbonyl (C=O) groups is 2. The standard InChI is InChI=1S/C15H11ClN2O3/c16-9-2-1-3-10(17)14(9)15(20)8-4-5-12-11(6-8)18-13(19)7-21-12/h1-6H,7,17H2,(H,18,19). The SMILES string of the molecule is Nc1cccc(Cl)c1C(=O)c1ccc2c(c1)NC(=O)CO2. The Labute approximate surface area is 125 Å². The van der Waals surface area contributed by atoms with Gasteiger partial charge in [-0.05, 0) is 30.3 Å². The molecule has 0 aromatic heterocycles. The molecule has 5 nitrogen and oxygen atoms in total. The highest BCUT2D eigenvalue weighted by Crippen LogP contribution is 2.31. The number of rotatable bonds is 2. The van der Waals surface area contributed by atoms with E-state index in [1.54, 1.807) is 36.4 Å². The third kappa shape index (κ3) is 2.43. The fourth-order valence-electron chi connectivity index (χ4n) is 2.15. The Morgan fingerprint density at radius 1 is 1.29 bits per heavy atom. The second kappa shape index (κ2) is 5.10. The normalized spacial score (nSPS) is 13.1. The molecule has 0 saturated carbocycles. The third-order valence-corrected chi connectivity index (χ3v) is 3.46. The molecule has 21 heavy (non-hydrogen) atoms. The molecule has 2 aromatic rings. The first-order valence-electron chi connectivity index (χ1n) is 6.21. The lowest BCUT2D eigenvalue weighted by Crippen LogP contribution is -2.25. The molecule has 3 rings (SSSR count). The van der Waals surface area contributed by atoms with Crippen LogP contribution in [0, 0.1) is 0 Å². The summed E-state index contributed by atoms with van der Waals surface area (Å²) >= 11 is 6.05. The van der Waals surface area contributed by atoms with Crippen molar-refractivity contribution in [2.45, 2.75) is 0 Å². The highest BCUT2D eigenvalue weighted by atomic mass is 35.5. The predicted molar refractivity (Wildman–Crippen MR) is 79.9 cm³/mol. The molecular weight excluding hydrogens is 292 g/mol. The summed E-state index contributed by atoms with van der Waals surface area (Å²) in [7, 11) is 0. The van der Waals surface area contributed by atoms with Gasteiger partial charge in [-0.15, -0.1) is 0 Å². The Morgan fingerprint density at radius 2 is 2.10 bits per heavy atom. The van der Waals surface area contributed by atoms with Crippen molar-refractivity contribution in [1.82, 2.24) is 0 Å². The van der Waals surface area contributed by atoms with Crippen molar-refractivity contribution in [3.05, 3.63) is 52.5 Å². The van der Waals surface area contributed by atoms with Crippen LogP contribution in [-0.2, 0) is 4.79 Å². The molecule has 106 valence electrons. The van der Waals surface area contributed by atoms with E-state index >= 15 is 0 Å². The van der Waals surface area contributed by atoms with Crippen molar-refractivity contribution in [1.29, 1.82) is 0 Å². The fourth-order valence-corrected chi connectivity index (χ4v) is 2.42. The zero-order chi connectivity index (χ0) is 15.0. The van der Waals surface area contributed by atoms with Crippen LogP contribution in [0.1, 0.15) is 15.9 Å². The number of hydrogen-bond donors (Lipinski definition) is 2. The van der Waals surface area contributed by atoms with Crippen LogP contribution in [0.2, 0.25) is 5.02 Å². The molecule has 1 aliphatic heterocycles. The number of nitrogen functional groups attached to an aromatic ring is 1. The summed E-state index contributed by atoms with van der Waals surface area (Å²) < 4.78 is 5.25. The molecule has 0 fully saturated rings. The number of nitrogens with one attached hydrogen (secondary N) is 1. The first kappa shape index (κ1) is 13.5. The van der Waals surface area contributed by atoms with E-state index in [0.29, 0.717) is 22.7 Å². The van der Waals surface area contributed by atoms with Gasteiger partial charge in [-0.2, -0.15) is 0 Å². The molecule has 6 heteroatoms. The molecule has 1 aliphatic rings. The number of ketones is 1. The summed E-state index contributed by atoms with van der Waals surface area (Å²) in [6.45, 7) is -0.0300. The van der Waals surface area contributed by atoms with Gasteiger partial charge >= 0.3 is 0 Å². The van der Waals surface area contributed by atoms with Gasteiger partial charge in [0.15, 0.2) is 12.4 Å². The van der Waals surface area contributed by atoms with Gasteiger partial charge in [0.2, 0.25) is 0 Å². The number of hydrogen-bond acceptors (Lipinski definition) is 4. The molecule has 3 N–H and O–H groups in total.